The van der Waals surface area contributed by atoms with Crippen molar-refractivity contribution in [1.29, 1.82) is 0 Å². The third-order valence-electron chi connectivity index (χ3n) is 0.352. The molecule has 0 radical (unpaired) electrons. The highest BCUT2D eigenvalue weighted by atomic mass is 16.2. The monoisotopic (exact) mass is 129 g/mol. The quantitative estimate of drug-likeness (QED) is 0.483. The molecule has 0 aromatic heterocycles. The van der Waals surface area contributed by atoms with E-state index in [1.54, 1.807) is 0 Å². The van der Waals surface area contributed by atoms with Crippen molar-refractivity contribution in [2.75, 3.05) is 0 Å². The molecule has 0 saturated carbocycles. The minimum Gasteiger partial charge on any atom is -0.297 e. The normalized spacial score (nSPS) is 6.44. The van der Waals surface area contributed by atoms with Crippen LogP contribution in [-0.2, 0) is 9.59 Å². The van der Waals surface area contributed by atoms with Gasteiger partial charge in [-0.1, -0.05) is 0 Å². The highest BCUT2D eigenvalue weighted by Gasteiger charge is 1.90. The van der Waals surface area contributed by atoms with Gasteiger partial charge in [0, 0.05) is 13.8 Å². The molecular weight excluding hydrogens is 118 g/mol. The van der Waals surface area contributed by atoms with Gasteiger partial charge in [-0.25, -0.2) is 0 Å². The van der Waals surface area contributed by atoms with E-state index in [1.165, 1.54) is 13.8 Å². The highest BCUT2D eigenvalue weighted by molar-refractivity contribution is 5.92. The molecule has 0 aliphatic carbocycles. The molecule has 0 aliphatic heterocycles. The van der Waals surface area contributed by atoms with Gasteiger partial charge >= 0.3 is 0 Å². The van der Waals surface area contributed by atoms with Gasteiger partial charge in [-0.15, -0.1) is 13.2 Å². The van der Waals surface area contributed by atoms with Gasteiger partial charge in [0.05, 0.1) is 0 Å². The average molecular weight is 129 g/mol. The summed E-state index contributed by atoms with van der Waals surface area (Å²) in [5, 5.41) is 2.03. The number of carbonyl (C=O) groups is 2. The van der Waals surface area contributed by atoms with Crippen LogP contribution in [0.25, 0.3) is 0 Å². The predicted octanol–water partition coefficient (Wildman–Crippen LogP) is 0.471. The maximum atomic E-state index is 9.92. The Bertz CT molecular complexity index is 97.6. The van der Waals surface area contributed by atoms with Crippen LogP contribution in [0.1, 0.15) is 13.8 Å². The van der Waals surface area contributed by atoms with Gasteiger partial charge in [-0.2, -0.15) is 0 Å². The van der Waals surface area contributed by atoms with E-state index in [0.717, 1.165) is 0 Å². The minimum atomic E-state index is -0.312. The summed E-state index contributed by atoms with van der Waals surface area (Å²) in [5.41, 5.74) is 0. The zero-order chi connectivity index (χ0) is 7.86. The second kappa shape index (κ2) is 6.88. The van der Waals surface area contributed by atoms with Crippen LogP contribution in [0, 0.1) is 0 Å². The second-order valence-corrected chi connectivity index (χ2v) is 1.24. The number of nitrogens with one attached hydrogen (secondary N) is 1. The molecule has 0 saturated heterocycles. The second-order valence-electron chi connectivity index (χ2n) is 1.24. The molecule has 0 atom stereocenters. The van der Waals surface area contributed by atoms with Crippen LogP contribution in [0.15, 0.2) is 13.2 Å². The molecule has 3 heteroatoms. The van der Waals surface area contributed by atoms with E-state index in [1.807, 2.05) is 5.32 Å². The van der Waals surface area contributed by atoms with Crippen LogP contribution in [0.4, 0.5) is 0 Å². The molecule has 0 aromatic carbocycles. The van der Waals surface area contributed by atoms with Crippen molar-refractivity contribution in [3.8, 4) is 0 Å². The Labute approximate surface area is 54.8 Å². The number of hydrogen-bond donors (Lipinski definition) is 1. The van der Waals surface area contributed by atoms with Crippen LogP contribution >= 0.6 is 0 Å². The Kier molecular flexibility index (Phi) is 8.25. The molecule has 0 spiro atoms. The van der Waals surface area contributed by atoms with E-state index >= 15 is 0 Å². The summed E-state index contributed by atoms with van der Waals surface area (Å²) in [6, 6.07) is 0. The molecule has 0 bridgehead atoms. The van der Waals surface area contributed by atoms with Crippen molar-refractivity contribution < 1.29 is 9.59 Å². The highest BCUT2D eigenvalue weighted by Crippen LogP contribution is 1.58. The summed E-state index contributed by atoms with van der Waals surface area (Å²) in [7, 11) is 0. The predicted molar refractivity (Wildman–Crippen MR) is 35.8 cm³/mol. The van der Waals surface area contributed by atoms with E-state index in [9.17, 15) is 9.59 Å². The fraction of sp³-hybridized carbons (Fsp3) is 0.333. The maximum absolute atomic E-state index is 9.92. The molecule has 2 amide bonds. The minimum absolute atomic E-state index is 0.312. The van der Waals surface area contributed by atoms with Crippen molar-refractivity contribution in [1.82, 2.24) is 5.32 Å². The Hall–Kier alpha value is -1.12. The molecule has 0 aromatic rings. The smallest absolute Gasteiger partial charge is 0.223 e. The van der Waals surface area contributed by atoms with E-state index < -0.39 is 0 Å². The molecule has 0 rings (SSSR count). The standard InChI is InChI=1S/C4H7NO2.C2H4/c1-3(6)5-4(2)7;1-2/h1-2H3,(H,5,6,7);1-2H2. The van der Waals surface area contributed by atoms with Gasteiger partial charge in [0.15, 0.2) is 0 Å². The van der Waals surface area contributed by atoms with Gasteiger partial charge in [-0.05, 0) is 0 Å². The maximum Gasteiger partial charge on any atom is 0.223 e. The largest absolute Gasteiger partial charge is 0.297 e. The first-order chi connectivity index (χ1) is 4.13. The number of hydrogen-bond acceptors (Lipinski definition) is 2. The van der Waals surface area contributed by atoms with Crippen molar-refractivity contribution in [2.24, 2.45) is 0 Å². The lowest BCUT2D eigenvalue weighted by atomic mass is 10.6. The van der Waals surface area contributed by atoms with Crippen LogP contribution in [0.5, 0.6) is 0 Å². The SMILES string of the molecule is C=C.CC(=O)NC(C)=O. The van der Waals surface area contributed by atoms with E-state index in [4.69, 9.17) is 0 Å². The van der Waals surface area contributed by atoms with E-state index in [-0.39, 0.29) is 11.8 Å². The van der Waals surface area contributed by atoms with Crippen molar-refractivity contribution in [3.05, 3.63) is 13.2 Å². The molecule has 52 valence electrons. The van der Waals surface area contributed by atoms with E-state index in [2.05, 4.69) is 13.2 Å². The zero-order valence-electron chi connectivity index (χ0n) is 5.73. The van der Waals surface area contributed by atoms with Crippen LogP contribution in [-0.4, -0.2) is 11.8 Å². The summed E-state index contributed by atoms with van der Waals surface area (Å²) < 4.78 is 0. The van der Waals surface area contributed by atoms with Gasteiger partial charge < -0.3 is 0 Å². The lowest BCUT2D eigenvalue weighted by Crippen LogP contribution is -2.24. The fourth-order valence-corrected chi connectivity index (χ4v) is 0.248. The first-order valence-corrected chi connectivity index (χ1v) is 2.41. The van der Waals surface area contributed by atoms with E-state index in [0.29, 0.717) is 0 Å². The average Bonchev–Trinajstić information content (AvgIpc) is 1.68. The number of imide groups is 1. The first-order valence-electron chi connectivity index (χ1n) is 2.41. The van der Waals surface area contributed by atoms with Crippen LogP contribution < -0.4 is 5.32 Å². The third kappa shape index (κ3) is 19.8. The number of rotatable bonds is 0. The summed E-state index contributed by atoms with van der Waals surface area (Å²) in [6.07, 6.45) is 0. The summed E-state index contributed by atoms with van der Waals surface area (Å²) in [5.74, 6) is -0.625. The third-order valence-corrected chi connectivity index (χ3v) is 0.352. The van der Waals surface area contributed by atoms with Gasteiger partial charge in [0.1, 0.15) is 0 Å². The molecule has 3 nitrogen and oxygen atoms in total. The Morgan fingerprint density at radius 2 is 1.33 bits per heavy atom. The van der Waals surface area contributed by atoms with Crippen molar-refractivity contribution >= 4 is 11.8 Å². The lowest BCUT2D eigenvalue weighted by molar-refractivity contribution is -0.127. The zero-order valence-corrected chi connectivity index (χ0v) is 5.73. The lowest BCUT2D eigenvalue weighted by Gasteiger charge is -1.88. The summed E-state index contributed by atoms with van der Waals surface area (Å²) in [4.78, 5) is 19.8. The fourth-order valence-electron chi connectivity index (χ4n) is 0.248. The summed E-state index contributed by atoms with van der Waals surface area (Å²) >= 11 is 0. The van der Waals surface area contributed by atoms with Gasteiger partial charge in [0.25, 0.3) is 0 Å². The Morgan fingerprint density at radius 1 is 1.11 bits per heavy atom. The van der Waals surface area contributed by atoms with Crippen molar-refractivity contribution in [3.63, 3.8) is 0 Å². The first kappa shape index (κ1) is 10.8. The number of carbonyl (C=O) groups excluding carboxylic acids is 2. The van der Waals surface area contributed by atoms with Crippen LogP contribution in [0.2, 0.25) is 0 Å². The topological polar surface area (TPSA) is 46.2 Å². The molecule has 0 unspecified atom stereocenters. The molecule has 0 fully saturated rings. The van der Waals surface area contributed by atoms with Crippen LogP contribution in [0.3, 0.4) is 0 Å². The molecular formula is C6H11NO2. The molecule has 1 N–H and O–H groups in total. The molecule has 9 heavy (non-hydrogen) atoms. The molecule has 0 heterocycles. The Balaban J connectivity index is 0. The van der Waals surface area contributed by atoms with Gasteiger partial charge in [0.2, 0.25) is 11.8 Å². The Morgan fingerprint density at radius 3 is 1.33 bits per heavy atom. The van der Waals surface area contributed by atoms with Gasteiger partial charge in [-0.3, -0.25) is 14.9 Å². The van der Waals surface area contributed by atoms with Crippen molar-refractivity contribution in [2.45, 2.75) is 13.8 Å². The number of amides is 2. The molecule has 0 aliphatic rings. The summed E-state index contributed by atoms with van der Waals surface area (Å²) in [6.45, 7) is 8.59.